The van der Waals surface area contributed by atoms with Gasteiger partial charge in [0.2, 0.25) is 11.8 Å². The average molecular weight is 476 g/mol. The Balaban J connectivity index is 2.15. The van der Waals surface area contributed by atoms with Crippen molar-refractivity contribution < 1.29 is 29.3 Å². The number of carbonyl (C=O) groups excluding carboxylic acids is 2. The summed E-state index contributed by atoms with van der Waals surface area (Å²) >= 11 is 0. The van der Waals surface area contributed by atoms with E-state index in [1.54, 1.807) is 44.2 Å². The normalized spacial score (nSPS) is 11.1. The maximum absolute atomic E-state index is 12.4. The number of ether oxygens (including phenoxy) is 2. The molecule has 0 saturated heterocycles. The van der Waals surface area contributed by atoms with Crippen LogP contribution in [0, 0.1) is 11.8 Å². The van der Waals surface area contributed by atoms with Crippen molar-refractivity contribution in [2.45, 2.75) is 33.6 Å². The Morgan fingerprint density at radius 3 is 2.26 bits per heavy atom. The van der Waals surface area contributed by atoms with Crippen LogP contribution in [0.1, 0.15) is 41.8 Å². The van der Waals surface area contributed by atoms with E-state index >= 15 is 0 Å². The van der Waals surface area contributed by atoms with Crippen LogP contribution in [-0.2, 0) is 11.2 Å². The molecule has 35 heavy (non-hydrogen) atoms. The van der Waals surface area contributed by atoms with Crippen molar-refractivity contribution in [1.29, 1.82) is 0 Å². The van der Waals surface area contributed by atoms with Gasteiger partial charge in [0.25, 0.3) is 0 Å². The minimum absolute atomic E-state index is 0.0459. The molecule has 2 aromatic rings. The molecule has 0 fully saturated rings. The molecule has 2 N–H and O–H groups in total. The van der Waals surface area contributed by atoms with Gasteiger partial charge < -0.3 is 19.7 Å². The summed E-state index contributed by atoms with van der Waals surface area (Å²) in [5.74, 6) is -1.32. The Kier molecular flexibility index (Phi) is 6.42. The summed E-state index contributed by atoms with van der Waals surface area (Å²) in [5.41, 5.74) is 2.77. The molecule has 1 aromatic carbocycles. The average Bonchev–Trinajstić information content (AvgIpc) is 3.18. The van der Waals surface area contributed by atoms with E-state index in [1.165, 1.54) is 16.7 Å². The molecular formula is C26H24N2O7. The Morgan fingerprint density at radius 1 is 1.03 bits per heavy atom. The van der Waals surface area contributed by atoms with Crippen LogP contribution in [-0.4, -0.2) is 33.4 Å². The number of aryl methyl sites for hydroxylation is 1. The number of amides is 1. The molecule has 0 atom stereocenters. The van der Waals surface area contributed by atoms with Gasteiger partial charge in [-0.2, -0.15) is 0 Å². The number of carbonyl (C=O) groups is 2. The van der Waals surface area contributed by atoms with Gasteiger partial charge in [-0.25, -0.2) is 9.36 Å². The van der Waals surface area contributed by atoms with Crippen molar-refractivity contribution in [3.8, 4) is 34.3 Å². The number of rotatable bonds is 6. The molecule has 9 nitrogen and oxygen atoms in total. The van der Waals surface area contributed by atoms with Crippen LogP contribution in [0.5, 0.6) is 17.5 Å². The van der Waals surface area contributed by atoms with Gasteiger partial charge in [0, 0.05) is 27.1 Å². The molecule has 4 rings (SSSR count). The van der Waals surface area contributed by atoms with Crippen molar-refractivity contribution >= 4 is 22.8 Å². The molecule has 0 radical (unpaired) electrons. The lowest BCUT2D eigenvalue weighted by Gasteiger charge is -2.12. The van der Waals surface area contributed by atoms with Gasteiger partial charge in [-0.05, 0) is 67.3 Å². The SMILES string of the molecule is CCCc1c2c(C)cc(C(=O)N=O)ccc-2c(OC(=O)OCC)c1-n1c(O)c2ccccc2c1O. The van der Waals surface area contributed by atoms with Crippen molar-refractivity contribution in [3.05, 3.63) is 64.1 Å². The second-order valence-corrected chi connectivity index (χ2v) is 8.02. The summed E-state index contributed by atoms with van der Waals surface area (Å²) in [6, 6.07) is 11.3. The first-order valence-corrected chi connectivity index (χ1v) is 11.2. The number of aromatic nitrogens is 1. The van der Waals surface area contributed by atoms with Crippen LogP contribution in [0.4, 0.5) is 4.79 Å². The lowest BCUT2D eigenvalue weighted by atomic mass is 10.0. The maximum atomic E-state index is 12.4. The van der Waals surface area contributed by atoms with E-state index < -0.39 is 12.1 Å². The quantitative estimate of drug-likeness (QED) is 0.264. The minimum Gasteiger partial charge on any atom is -0.494 e. The van der Waals surface area contributed by atoms with Crippen LogP contribution in [0.3, 0.4) is 0 Å². The van der Waals surface area contributed by atoms with E-state index in [-0.39, 0.29) is 35.4 Å². The van der Waals surface area contributed by atoms with Gasteiger partial charge >= 0.3 is 12.1 Å². The van der Waals surface area contributed by atoms with Gasteiger partial charge in [0.05, 0.1) is 12.3 Å². The number of hydrogen-bond acceptors (Lipinski definition) is 7. The third-order valence-electron chi connectivity index (χ3n) is 5.85. The standard InChI is InChI=1S/C26H24N2O7/c1-4-8-18-20-14(3)13-15(23(29)27-33)11-12-19(20)22(35-26(32)34-5-2)21(18)28-24(30)16-9-6-7-10-17(16)25(28)31/h6-7,9-13,30-31H,4-5,8H2,1-3H3. The van der Waals surface area contributed by atoms with Crippen LogP contribution in [0.2, 0.25) is 0 Å². The van der Waals surface area contributed by atoms with Crippen LogP contribution >= 0.6 is 0 Å². The molecule has 0 saturated carbocycles. The summed E-state index contributed by atoms with van der Waals surface area (Å²) in [4.78, 5) is 35.3. The molecule has 1 aromatic heterocycles. The number of fused-ring (bicyclic) bond motifs is 2. The van der Waals surface area contributed by atoms with Crippen LogP contribution in [0.15, 0.2) is 47.6 Å². The molecule has 0 unspecified atom stereocenters. The first-order valence-electron chi connectivity index (χ1n) is 11.2. The van der Waals surface area contributed by atoms with E-state index in [4.69, 9.17) is 9.47 Å². The zero-order valence-electron chi connectivity index (χ0n) is 19.5. The Hall–Kier alpha value is -4.40. The Bertz CT molecular complexity index is 1400. The lowest BCUT2D eigenvalue weighted by molar-refractivity contribution is 0.0998. The van der Waals surface area contributed by atoms with Crippen molar-refractivity contribution in [2.24, 2.45) is 5.18 Å². The predicted octanol–water partition coefficient (Wildman–Crippen LogP) is 5.85. The fourth-order valence-corrected chi connectivity index (χ4v) is 4.47. The van der Waals surface area contributed by atoms with Gasteiger partial charge in [-0.3, -0.25) is 4.79 Å². The first-order chi connectivity index (χ1) is 16.8. The predicted molar refractivity (Wildman–Crippen MR) is 130 cm³/mol. The number of aromatic hydroxyl groups is 2. The zero-order valence-corrected chi connectivity index (χ0v) is 19.5. The monoisotopic (exact) mass is 476 g/mol. The Morgan fingerprint density at radius 2 is 1.69 bits per heavy atom. The molecule has 0 aliphatic heterocycles. The maximum Gasteiger partial charge on any atom is 0.513 e. The van der Waals surface area contributed by atoms with E-state index in [2.05, 4.69) is 5.18 Å². The molecule has 2 aliphatic carbocycles. The lowest BCUT2D eigenvalue weighted by Crippen LogP contribution is -2.11. The largest absolute Gasteiger partial charge is 0.513 e. The molecule has 0 bridgehead atoms. The molecule has 9 heteroatoms. The van der Waals surface area contributed by atoms with Crippen molar-refractivity contribution in [1.82, 2.24) is 4.57 Å². The van der Waals surface area contributed by atoms with Gasteiger partial charge in [0.1, 0.15) is 0 Å². The van der Waals surface area contributed by atoms with E-state index in [1.807, 2.05) is 6.92 Å². The molecule has 1 amide bonds. The first kappa shape index (κ1) is 23.7. The zero-order chi connectivity index (χ0) is 25.3. The second kappa shape index (κ2) is 9.46. The molecule has 0 spiro atoms. The summed E-state index contributed by atoms with van der Waals surface area (Å²) in [5, 5.41) is 25.6. The van der Waals surface area contributed by atoms with Gasteiger partial charge in [0.15, 0.2) is 5.75 Å². The molecule has 2 aliphatic rings. The summed E-state index contributed by atoms with van der Waals surface area (Å²) in [6.45, 7) is 5.43. The topological polar surface area (TPSA) is 127 Å². The molecule has 1 heterocycles. The third-order valence-corrected chi connectivity index (χ3v) is 5.85. The van der Waals surface area contributed by atoms with Crippen molar-refractivity contribution in [3.63, 3.8) is 0 Å². The number of hydrogen-bond donors (Lipinski definition) is 2. The van der Waals surface area contributed by atoms with Crippen molar-refractivity contribution in [2.75, 3.05) is 6.61 Å². The van der Waals surface area contributed by atoms with E-state index in [0.717, 1.165) is 0 Å². The number of nitrogens with zero attached hydrogens (tertiary/aromatic N) is 2. The smallest absolute Gasteiger partial charge is 0.494 e. The molecule has 180 valence electrons. The van der Waals surface area contributed by atoms with Crippen LogP contribution in [0.25, 0.3) is 27.6 Å². The van der Waals surface area contributed by atoms with E-state index in [9.17, 15) is 24.7 Å². The van der Waals surface area contributed by atoms with E-state index in [0.29, 0.717) is 45.9 Å². The summed E-state index contributed by atoms with van der Waals surface area (Å²) in [6.07, 6.45) is 0.216. The van der Waals surface area contributed by atoms with Crippen LogP contribution < -0.4 is 4.74 Å². The number of benzene rings is 1. The second-order valence-electron chi connectivity index (χ2n) is 8.02. The molecular weight excluding hydrogens is 452 g/mol. The highest BCUT2D eigenvalue weighted by atomic mass is 16.7. The summed E-state index contributed by atoms with van der Waals surface area (Å²) in [7, 11) is 0. The fourth-order valence-electron chi connectivity index (χ4n) is 4.47. The highest BCUT2D eigenvalue weighted by molar-refractivity contribution is 5.99. The highest BCUT2D eigenvalue weighted by Gasteiger charge is 2.32. The minimum atomic E-state index is -0.964. The third kappa shape index (κ3) is 3.95. The number of nitroso groups, excluding NO2 is 1. The summed E-state index contributed by atoms with van der Waals surface area (Å²) < 4.78 is 11.9. The van der Waals surface area contributed by atoms with Gasteiger partial charge in [-0.15, -0.1) is 4.91 Å². The van der Waals surface area contributed by atoms with Gasteiger partial charge in [-0.1, -0.05) is 25.5 Å². The fraction of sp³-hybridized carbons (Fsp3) is 0.231. The highest BCUT2D eigenvalue weighted by Crippen LogP contribution is 2.51. The Labute approximate surface area is 200 Å².